The van der Waals surface area contributed by atoms with Crippen molar-refractivity contribution in [2.75, 3.05) is 0 Å². The minimum Gasteiger partial charge on any atom is -0.351 e. The maximum Gasteiger partial charge on any atom is 0.290 e. The molecule has 2 aromatic heterocycles. The zero-order valence-electron chi connectivity index (χ0n) is 9.97. The van der Waals surface area contributed by atoms with Gasteiger partial charge in [-0.3, -0.25) is 4.79 Å². The molecule has 1 aliphatic rings. The lowest BCUT2D eigenvalue weighted by Crippen LogP contribution is -2.22. The molecule has 0 aliphatic heterocycles. The van der Waals surface area contributed by atoms with E-state index in [1.165, 1.54) is 17.8 Å². The largest absolute Gasteiger partial charge is 0.351 e. The first kappa shape index (κ1) is 11.4. The number of nitrogens with zero attached hydrogens (tertiary/aromatic N) is 2. The summed E-state index contributed by atoms with van der Waals surface area (Å²) in [6.07, 6.45) is 2.49. The van der Waals surface area contributed by atoms with Gasteiger partial charge in [-0.25, -0.2) is 4.98 Å². The number of thiazole rings is 1. The third kappa shape index (κ3) is 2.43. The predicted molar refractivity (Wildman–Crippen MR) is 66.5 cm³/mol. The standard InChI is InChI=1S/C12H13N3O2S/c1-7-4-10(17-15-7)11(16)13-5-9-6-18-12(14-9)8-2-3-8/h4,6,8H,2-3,5H2,1H3,(H,13,16). The minimum absolute atomic E-state index is 0.241. The Morgan fingerprint density at radius 1 is 1.61 bits per heavy atom. The van der Waals surface area contributed by atoms with Gasteiger partial charge in [-0.2, -0.15) is 0 Å². The minimum atomic E-state index is -0.253. The van der Waals surface area contributed by atoms with Crippen LogP contribution in [-0.2, 0) is 6.54 Å². The molecule has 18 heavy (non-hydrogen) atoms. The number of rotatable bonds is 4. The summed E-state index contributed by atoms with van der Waals surface area (Å²) in [5.41, 5.74) is 1.61. The topological polar surface area (TPSA) is 68.0 Å². The highest BCUT2D eigenvalue weighted by molar-refractivity contribution is 7.09. The number of carbonyl (C=O) groups excluding carboxylic acids is 1. The van der Waals surface area contributed by atoms with Gasteiger partial charge < -0.3 is 9.84 Å². The van der Waals surface area contributed by atoms with E-state index in [4.69, 9.17) is 4.52 Å². The van der Waals surface area contributed by atoms with Crippen molar-refractivity contribution in [3.63, 3.8) is 0 Å². The number of nitrogens with one attached hydrogen (secondary N) is 1. The van der Waals surface area contributed by atoms with Gasteiger partial charge in [-0.1, -0.05) is 5.16 Å². The molecule has 0 atom stereocenters. The average molecular weight is 263 g/mol. The molecule has 1 fully saturated rings. The quantitative estimate of drug-likeness (QED) is 0.918. The van der Waals surface area contributed by atoms with Gasteiger partial charge in [-0.15, -0.1) is 11.3 Å². The van der Waals surface area contributed by atoms with Gasteiger partial charge >= 0.3 is 0 Å². The number of aromatic nitrogens is 2. The van der Waals surface area contributed by atoms with Gasteiger partial charge in [-0.05, 0) is 19.8 Å². The van der Waals surface area contributed by atoms with E-state index in [0.29, 0.717) is 18.2 Å². The van der Waals surface area contributed by atoms with Crippen LogP contribution in [-0.4, -0.2) is 16.0 Å². The van der Waals surface area contributed by atoms with Gasteiger partial charge in [0.25, 0.3) is 5.91 Å². The lowest BCUT2D eigenvalue weighted by Gasteiger charge is -1.98. The lowest BCUT2D eigenvalue weighted by atomic mass is 10.3. The van der Waals surface area contributed by atoms with E-state index in [1.807, 2.05) is 5.38 Å². The average Bonchev–Trinajstić information content (AvgIpc) is 2.95. The summed E-state index contributed by atoms with van der Waals surface area (Å²) in [6, 6.07) is 1.62. The molecule has 1 amide bonds. The lowest BCUT2D eigenvalue weighted by molar-refractivity contribution is 0.0913. The zero-order chi connectivity index (χ0) is 12.5. The summed E-state index contributed by atoms with van der Waals surface area (Å²) in [5.74, 6) is 0.651. The van der Waals surface area contributed by atoms with Crippen molar-refractivity contribution >= 4 is 17.2 Å². The second-order valence-electron chi connectivity index (χ2n) is 4.47. The van der Waals surface area contributed by atoms with Crippen LogP contribution in [0.2, 0.25) is 0 Å². The number of hydrogen-bond donors (Lipinski definition) is 1. The molecule has 1 N–H and O–H groups in total. The monoisotopic (exact) mass is 263 g/mol. The van der Waals surface area contributed by atoms with Crippen molar-refractivity contribution in [2.24, 2.45) is 0 Å². The van der Waals surface area contributed by atoms with Gasteiger partial charge in [0.05, 0.1) is 22.9 Å². The van der Waals surface area contributed by atoms with Gasteiger partial charge in [0.15, 0.2) is 0 Å². The summed E-state index contributed by atoms with van der Waals surface area (Å²) in [5, 5.41) is 9.64. The molecule has 1 aliphatic carbocycles. The van der Waals surface area contributed by atoms with Crippen LogP contribution in [0.25, 0.3) is 0 Å². The molecule has 94 valence electrons. The third-order valence-corrected chi connectivity index (χ3v) is 3.83. The van der Waals surface area contributed by atoms with E-state index in [2.05, 4.69) is 15.5 Å². The molecule has 5 nitrogen and oxygen atoms in total. The molecule has 1 saturated carbocycles. The van der Waals surface area contributed by atoms with Gasteiger partial charge in [0.2, 0.25) is 5.76 Å². The number of hydrogen-bond acceptors (Lipinski definition) is 5. The molecule has 6 heteroatoms. The molecule has 0 radical (unpaired) electrons. The van der Waals surface area contributed by atoms with Crippen molar-refractivity contribution < 1.29 is 9.32 Å². The SMILES string of the molecule is Cc1cc(C(=O)NCc2csc(C3CC3)n2)on1. The van der Waals surface area contributed by atoms with Crippen LogP contribution in [0.3, 0.4) is 0 Å². The van der Waals surface area contributed by atoms with Crippen LogP contribution in [0.1, 0.15) is 45.7 Å². The summed E-state index contributed by atoms with van der Waals surface area (Å²) < 4.78 is 4.89. The number of carbonyl (C=O) groups is 1. The van der Waals surface area contributed by atoms with E-state index in [0.717, 1.165) is 5.69 Å². The fraction of sp³-hybridized carbons (Fsp3) is 0.417. The first-order valence-corrected chi connectivity index (χ1v) is 6.76. The fourth-order valence-corrected chi connectivity index (χ4v) is 2.64. The van der Waals surface area contributed by atoms with Crippen LogP contribution >= 0.6 is 11.3 Å². The second-order valence-corrected chi connectivity index (χ2v) is 5.36. The first-order chi connectivity index (χ1) is 8.72. The Kier molecular flexibility index (Phi) is 2.87. The molecular weight excluding hydrogens is 250 g/mol. The Morgan fingerprint density at radius 3 is 3.11 bits per heavy atom. The van der Waals surface area contributed by atoms with Crippen LogP contribution in [0.5, 0.6) is 0 Å². The summed E-state index contributed by atoms with van der Waals surface area (Å²) in [6.45, 7) is 2.21. The Hall–Kier alpha value is -1.69. The van der Waals surface area contributed by atoms with Crippen molar-refractivity contribution in [2.45, 2.75) is 32.2 Å². The molecule has 0 aromatic carbocycles. The molecule has 0 saturated heterocycles. The number of aryl methyl sites for hydroxylation is 1. The Labute approximate surface area is 108 Å². The number of amides is 1. The third-order valence-electron chi connectivity index (χ3n) is 2.78. The van der Waals surface area contributed by atoms with Crippen molar-refractivity contribution in [3.05, 3.63) is 33.6 Å². The zero-order valence-corrected chi connectivity index (χ0v) is 10.8. The van der Waals surface area contributed by atoms with Crippen LogP contribution in [0.15, 0.2) is 16.0 Å². The highest BCUT2D eigenvalue weighted by Crippen LogP contribution is 2.41. The van der Waals surface area contributed by atoms with E-state index in [-0.39, 0.29) is 11.7 Å². The van der Waals surface area contributed by atoms with E-state index in [1.54, 1.807) is 24.3 Å². The maximum atomic E-state index is 11.7. The predicted octanol–water partition coefficient (Wildman–Crippen LogP) is 2.25. The Balaban J connectivity index is 1.58. The van der Waals surface area contributed by atoms with E-state index >= 15 is 0 Å². The van der Waals surface area contributed by atoms with Gasteiger partial charge in [0, 0.05) is 17.4 Å². The highest BCUT2D eigenvalue weighted by Gasteiger charge is 2.26. The molecule has 0 spiro atoms. The maximum absolute atomic E-state index is 11.7. The Morgan fingerprint density at radius 2 is 2.44 bits per heavy atom. The molecule has 0 bridgehead atoms. The summed E-state index contributed by atoms with van der Waals surface area (Å²) >= 11 is 1.67. The molecular formula is C12H13N3O2S. The second kappa shape index (κ2) is 4.53. The Bertz CT molecular complexity index is 571. The summed E-state index contributed by atoms with van der Waals surface area (Å²) in [7, 11) is 0. The normalized spacial score (nSPS) is 14.7. The fourth-order valence-electron chi connectivity index (χ4n) is 1.65. The smallest absolute Gasteiger partial charge is 0.290 e. The van der Waals surface area contributed by atoms with E-state index < -0.39 is 0 Å². The van der Waals surface area contributed by atoms with Crippen LogP contribution in [0.4, 0.5) is 0 Å². The molecule has 3 rings (SSSR count). The van der Waals surface area contributed by atoms with Crippen LogP contribution in [0, 0.1) is 6.92 Å². The molecule has 2 heterocycles. The van der Waals surface area contributed by atoms with E-state index in [9.17, 15) is 4.79 Å². The van der Waals surface area contributed by atoms with Crippen molar-refractivity contribution in [1.82, 2.24) is 15.5 Å². The molecule has 2 aromatic rings. The van der Waals surface area contributed by atoms with Crippen molar-refractivity contribution in [1.29, 1.82) is 0 Å². The highest BCUT2D eigenvalue weighted by atomic mass is 32.1. The summed E-state index contributed by atoms with van der Waals surface area (Å²) in [4.78, 5) is 16.2. The van der Waals surface area contributed by atoms with Crippen molar-refractivity contribution in [3.8, 4) is 0 Å². The molecule has 0 unspecified atom stereocenters. The first-order valence-electron chi connectivity index (χ1n) is 5.88. The van der Waals surface area contributed by atoms with Crippen LogP contribution < -0.4 is 5.32 Å². The van der Waals surface area contributed by atoms with Gasteiger partial charge in [0.1, 0.15) is 0 Å².